The highest BCUT2D eigenvalue weighted by Crippen LogP contribution is 2.16. The molecular weight excluding hydrogens is 294 g/mol. The van der Waals surface area contributed by atoms with E-state index in [-0.39, 0.29) is 12.1 Å². The van der Waals surface area contributed by atoms with Crippen LogP contribution in [0.25, 0.3) is 10.9 Å². The fraction of sp³-hybridized carbons (Fsp3) is 0.412. The van der Waals surface area contributed by atoms with Crippen molar-refractivity contribution in [2.75, 3.05) is 19.1 Å². The molecule has 118 valence electrons. The summed E-state index contributed by atoms with van der Waals surface area (Å²) in [6.45, 7) is 2.63. The average molecular weight is 317 g/mol. The minimum absolute atomic E-state index is 0.0261. The summed E-state index contributed by atoms with van der Waals surface area (Å²) in [4.78, 5) is 18.5. The highest BCUT2D eigenvalue weighted by molar-refractivity contribution is 7.98. The van der Waals surface area contributed by atoms with Gasteiger partial charge in [0.15, 0.2) is 0 Å². The Bertz CT molecular complexity index is 627. The van der Waals surface area contributed by atoms with Gasteiger partial charge in [-0.1, -0.05) is 25.1 Å². The zero-order chi connectivity index (χ0) is 15.9. The molecule has 1 aromatic heterocycles. The number of carbonyl (C=O) groups is 1. The molecule has 0 aliphatic rings. The van der Waals surface area contributed by atoms with Crippen LogP contribution in [0.4, 0.5) is 4.79 Å². The molecule has 0 aliphatic heterocycles. The Balaban J connectivity index is 2.03. The number of hydrogen-bond donors (Lipinski definition) is 1. The molecular formula is C17H23N3OS. The molecule has 1 N–H and O–H groups in total. The fourth-order valence-corrected chi connectivity index (χ4v) is 3.31. The minimum Gasteiger partial charge on any atom is -0.334 e. The molecule has 2 rings (SSSR count). The van der Waals surface area contributed by atoms with Crippen molar-refractivity contribution in [3.63, 3.8) is 0 Å². The third-order valence-electron chi connectivity index (χ3n) is 3.87. The molecule has 22 heavy (non-hydrogen) atoms. The van der Waals surface area contributed by atoms with E-state index in [9.17, 15) is 4.79 Å². The van der Waals surface area contributed by atoms with Gasteiger partial charge < -0.3 is 10.2 Å². The van der Waals surface area contributed by atoms with Gasteiger partial charge in [-0.3, -0.25) is 4.98 Å². The predicted molar refractivity (Wildman–Crippen MR) is 94.2 cm³/mol. The summed E-state index contributed by atoms with van der Waals surface area (Å²) in [6.07, 6.45) is 4.82. The largest absolute Gasteiger partial charge is 0.334 e. The average Bonchev–Trinajstić information content (AvgIpc) is 2.56. The second kappa shape index (κ2) is 8.03. The van der Waals surface area contributed by atoms with Crippen LogP contribution in [0.2, 0.25) is 0 Å². The van der Waals surface area contributed by atoms with Crippen LogP contribution in [0.1, 0.15) is 18.9 Å². The monoisotopic (exact) mass is 317 g/mol. The van der Waals surface area contributed by atoms with Crippen molar-refractivity contribution >= 4 is 28.7 Å². The number of nitrogens with zero attached hydrogens (tertiary/aromatic N) is 2. The van der Waals surface area contributed by atoms with Gasteiger partial charge in [0, 0.05) is 37.0 Å². The first-order chi connectivity index (χ1) is 10.7. The third kappa shape index (κ3) is 3.91. The molecule has 0 spiro atoms. The maximum Gasteiger partial charge on any atom is 0.317 e. The lowest BCUT2D eigenvalue weighted by Crippen LogP contribution is -2.44. The number of aromatic nitrogens is 1. The highest BCUT2D eigenvalue weighted by atomic mass is 32.2. The van der Waals surface area contributed by atoms with Crippen LogP contribution in [0.3, 0.4) is 0 Å². The molecule has 0 fully saturated rings. The molecule has 0 unspecified atom stereocenters. The molecule has 0 aliphatic carbocycles. The number of pyridine rings is 1. The van der Waals surface area contributed by atoms with Crippen molar-refractivity contribution in [1.29, 1.82) is 0 Å². The predicted octanol–water partition coefficient (Wildman–Crippen LogP) is 3.52. The number of urea groups is 1. The number of amides is 2. The van der Waals surface area contributed by atoms with Crippen LogP contribution in [-0.4, -0.2) is 41.0 Å². The van der Waals surface area contributed by atoms with Gasteiger partial charge in [-0.15, -0.1) is 0 Å². The maximum atomic E-state index is 12.3. The van der Waals surface area contributed by atoms with Gasteiger partial charge in [0.2, 0.25) is 0 Å². The number of hydrogen-bond acceptors (Lipinski definition) is 3. The fourth-order valence-electron chi connectivity index (χ4n) is 2.47. The number of carbonyl (C=O) groups excluding carboxylic acids is 1. The molecule has 2 aromatic rings. The number of benzene rings is 1. The lowest BCUT2D eigenvalue weighted by Gasteiger charge is -2.27. The second-order valence-electron chi connectivity index (χ2n) is 5.27. The lowest BCUT2D eigenvalue weighted by molar-refractivity contribution is 0.193. The summed E-state index contributed by atoms with van der Waals surface area (Å²) in [6, 6.07) is 10.2. The Hall–Kier alpha value is -1.75. The number of nitrogens with one attached hydrogen (secondary N) is 1. The minimum atomic E-state index is -0.0261. The summed E-state index contributed by atoms with van der Waals surface area (Å²) in [5, 5.41) is 4.10. The summed E-state index contributed by atoms with van der Waals surface area (Å²) >= 11 is 1.77. The quantitative estimate of drug-likeness (QED) is 0.886. The van der Waals surface area contributed by atoms with Crippen LogP contribution >= 0.6 is 11.8 Å². The Morgan fingerprint density at radius 1 is 1.36 bits per heavy atom. The van der Waals surface area contributed by atoms with Gasteiger partial charge in [0.25, 0.3) is 0 Å². The van der Waals surface area contributed by atoms with Gasteiger partial charge in [-0.05, 0) is 30.4 Å². The summed E-state index contributed by atoms with van der Waals surface area (Å²) in [5.74, 6) is 0.957. The van der Waals surface area contributed by atoms with Crippen molar-refractivity contribution in [2.45, 2.75) is 25.9 Å². The molecule has 0 saturated heterocycles. The Labute approximate surface area is 136 Å². The molecule has 0 saturated carbocycles. The highest BCUT2D eigenvalue weighted by Gasteiger charge is 2.17. The van der Waals surface area contributed by atoms with Gasteiger partial charge in [0.05, 0.1) is 5.52 Å². The van der Waals surface area contributed by atoms with Crippen molar-refractivity contribution in [3.05, 3.63) is 42.1 Å². The zero-order valence-corrected chi connectivity index (χ0v) is 14.2. The van der Waals surface area contributed by atoms with E-state index >= 15 is 0 Å². The van der Waals surface area contributed by atoms with Crippen molar-refractivity contribution < 1.29 is 4.79 Å². The van der Waals surface area contributed by atoms with Gasteiger partial charge in [-0.2, -0.15) is 11.8 Å². The third-order valence-corrected chi connectivity index (χ3v) is 4.59. The van der Waals surface area contributed by atoms with E-state index in [1.54, 1.807) is 22.9 Å². The molecule has 4 nitrogen and oxygen atoms in total. The van der Waals surface area contributed by atoms with Gasteiger partial charge in [0.1, 0.15) is 0 Å². The Kier molecular flexibility index (Phi) is 6.07. The van der Waals surface area contributed by atoms with E-state index in [0.29, 0.717) is 6.54 Å². The topological polar surface area (TPSA) is 45.2 Å². The molecule has 0 bridgehead atoms. The van der Waals surface area contributed by atoms with Crippen LogP contribution < -0.4 is 5.32 Å². The Morgan fingerprint density at radius 3 is 2.86 bits per heavy atom. The first-order valence-electron chi connectivity index (χ1n) is 7.49. The first-order valence-corrected chi connectivity index (χ1v) is 8.89. The maximum absolute atomic E-state index is 12.3. The van der Waals surface area contributed by atoms with Gasteiger partial charge in [-0.25, -0.2) is 4.79 Å². The standard InChI is InChI=1S/C17H23N3OS/c1-4-14(12-22-3)20(2)17(21)19-11-13-9-10-18-16-8-6-5-7-15(13)16/h5-10,14H,4,11-12H2,1-3H3,(H,19,21)/t14-/m1/s1. The summed E-state index contributed by atoms with van der Waals surface area (Å²) < 4.78 is 0. The normalized spacial score (nSPS) is 12.1. The summed E-state index contributed by atoms with van der Waals surface area (Å²) in [5.41, 5.74) is 2.04. The molecule has 1 aromatic carbocycles. The van der Waals surface area contributed by atoms with E-state index in [2.05, 4.69) is 23.5 Å². The van der Waals surface area contributed by atoms with E-state index in [1.165, 1.54) is 0 Å². The van der Waals surface area contributed by atoms with E-state index in [1.807, 2.05) is 37.4 Å². The number of rotatable bonds is 6. The lowest BCUT2D eigenvalue weighted by atomic mass is 10.1. The van der Waals surface area contributed by atoms with Crippen molar-refractivity contribution in [1.82, 2.24) is 15.2 Å². The van der Waals surface area contributed by atoms with E-state index in [0.717, 1.165) is 28.6 Å². The van der Waals surface area contributed by atoms with Crippen molar-refractivity contribution in [3.8, 4) is 0 Å². The van der Waals surface area contributed by atoms with Crippen LogP contribution in [0.15, 0.2) is 36.5 Å². The number of fused-ring (bicyclic) bond motifs is 1. The summed E-state index contributed by atoms with van der Waals surface area (Å²) in [7, 11) is 1.87. The Morgan fingerprint density at radius 2 is 2.14 bits per heavy atom. The molecule has 2 amide bonds. The van der Waals surface area contributed by atoms with E-state index in [4.69, 9.17) is 0 Å². The van der Waals surface area contributed by atoms with E-state index < -0.39 is 0 Å². The second-order valence-corrected chi connectivity index (χ2v) is 6.18. The SMILES string of the molecule is CC[C@H](CSC)N(C)C(=O)NCc1ccnc2ccccc12. The van der Waals surface area contributed by atoms with Crippen LogP contribution in [-0.2, 0) is 6.54 Å². The number of para-hydroxylation sites is 1. The molecule has 5 heteroatoms. The smallest absolute Gasteiger partial charge is 0.317 e. The molecule has 0 radical (unpaired) electrons. The van der Waals surface area contributed by atoms with Gasteiger partial charge >= 0.3 is 6.03 Å². The number of thioether (sulfide) groups is 1. The van der Waals surface area contributed by atoms with Crippen LogP contribution in [0.5, 0.6) is 0 Å². The first kappa shape index (κ1) is 16.6. The van der Waals surface area contributed by atoms with Crippen molar-refractivity contribution in [2.24, 2.45) is 0 Å². The molecule has 1 heterocycles. The zero-order valence-electron chi connectivity index (χ0n) is 13.4. The molecule has 1 atom stereocenters. The van der Waals surface area contributed by atoms with Crippen LogP contribution in [0, 0.1) is 0 Å².